The van der Waals surface area contributed by atoms with Gasteiger partial charge in [0.15, 0.2) is 0 Å². The van der Waals surface area contributed by atoms with Gasteiger partial charge in [-0.2, -0.15) is 0 Å². The molecule has 1 fully saturated rings. The SMILES string of the molecule is Nc1cccc2c1CCN2S(=O)(=O)CC1CC1. The Morgan fingerprint density at radius 1 is 1.35 bits per heavy atom. The molecular weight excluding hydrogens is 236 g/mol. The molecule has 0 unspecified atom stereocenters. The van der Waals surface area contributed by atoms with Gasteiger partial charge in [0.25, 0.3) is 0 Å². The Morgan fingerprint density at radius 3 is 2.82 bits per heavy atom. The molecule has 5 heteroatoms. The lowest BCUT2D eigenvalue weighted by Gasteiger charge is -2.19. The lowest BCUT2D eigenvalue weighted by molar-refractivity contribution is 0.588. The topological polar surface area (TPSA) is 63.4 Å². The summed E-state index contributed by atoms with van der Waals surface area (Å²) >= 11 is 0. The Bertz CT molecular complexity index is 550. The third-order valence-corrected chi connectivity index (χ3v) is 5.44. The predicted molar refractivity (Wildman–Crippen MR) is 68.4 cm³/mol. The van der Waals surface area contributed by atoms with Gasteiger partial charge >= 0.3 is 0 Å². The molecule has 92 valence electrons. The van der Waals surface area contributed by atoms with Crippen molar-refractivity contribution in [1.82, 2.24) is 0 Å². The maximum absolute atomic E-state index is 12.2. The highest BCUT2D eigenvalue weighted by Gasteiger charge is 2.35. The van der Waals surface area contributed by atoms with Crippen LogP contribution in [0.4, 0.5) is 11.4 Å². The van der Waals surface area contributed by atoms with Crippen LogP contribution in [0.3, 0.4) is 0 Å². The number of rotatable bonds is 3. The molecule has 0 atom stereocenters. The molecule has 1 aromatic rings. The van der Waals surface area contributed by atoms with Crippen LogP contribution in [-0.4, -0.2) is 20.7 Å². The van der Waals surface area contributed by atoms with Crippen LogP contribution < -0.4 is 10.0 Å². The van der Waals surface area contributed by atoms with E-state index < -0.39 is 10.0 Å². The van der Waals surface area contributed by atoms with E-state index in [1.807, 2.05) is 18.2 Å². The van der Waals surface area contributed by atoms with Crippen LogP contribution in [-0.2, 0) is 16.4 Å². The zero-order valence-corrected chi connectivity index (χ0v) is 10.4. The van der Waals surface area contributed by atoms with E-state index in [1.165, 1.54) is 4.31 Å². The maximum atomic E-state index is 12.2. The smallest absolute Gasteiger partial charge is 0.235 e. The van der Waals surface area contributed by atoms with Gasteiger partial charge < -0.3 is 5.73 Å². The molecule has 1 aliphatic heterocycles. The minimum Gasteiger partial charge on any atom is -0.398 e. The summed E-state index contributed by atoms with van der Waals surface area (Å²) in [5.41, 5.74) is 8.33. The van der Waals surface area contributed by atoms with Gasteiger partial charge in [-0.15, -0.1) is 0 Å². The van der Waals surface area contributed by atoms with Gasteiger partial charge in [0.05, 0.1) is 11.4 Å². The molecule has 17 heavy (non-hydrogen) atoms. The van der Waals surface area contributed by atoms with E-state index in [4.69, 9.17) is 5.73 Å². The third-order valence-electron chi connectivity index (χ3n) is 3.50. The van der Waals surface area contributed by atoms with Crippen molar-refractivity contribution in [2.45, 2.75) is 19.3 Å². The molecule has 2 N–H and O–H groups in total. The fraction of sp³-hybridized carbons (Fsp3) is 0.500. The Kier molecular flexibility index (Phi) is 2.33. The molecule has 0 spiro atoms. The molecule has 4 nitrogen and oxygen atoms in total. The summed E-state index contributed by atoms with van der Waals surface area (Å²) in [6.07, 6.45) is 2.83. The van der Waals surface area contributed by atoms with E-state index in [1.54, 1.807) is 0 Å². The first-order valence-electron chi connectivity index (χ1n) is 5.96. The van der Waals surface area contributed by atoms with Crippen LogP contribution in [0.2, 0.25) is 0 Å². The number of nitrogen functional groups attached to an aromatic ring is 1. The van der Waals surface area contributed by atoms with Crippen LogP contribution in [0.1, 0.15) is 18.4 Å². The van der Waals surface area contributed by atoms with Crippen molar-refractivity contribution in [3.63, 3.8) is 0 Å². The largest absolute Gasteiger partial charge is 0.398 e. The number of hydrogen-bond acceptors (Lipinski definition) is 3. The Balaban J connectivity index is 1.95. The third kappa shape index (κ3) is 1.88. The standard InChI is InChI=1S/C12H16N2O2S/c13-11-2-1-3-12-10(11)6-7-14(12)17(15,16)8-9-4-5-9/h1-3,9H,4-8,13H2. The van der Waals surface area contributed by atoms with Crippen LogP contribution in [0.25, 0.3) is 0 Å². The summed E-state index contributed by atoms with van der Waals surface area (Å²) in [6, 6.07) is 5.50. The Hall–Kier alpha value is -1.23. The summed E-state index contributed by atoms with van der Waals surface area (Å²) in [7, 11) is -3.15. The van der Waals surface area contributed by atoms with Crippen molar-refractivity contribution < 1.29 is 8.42 Å². The molecule has 0 saturated heterocycles. The van der Waals surface area contributed by atoms with E-state index in [-0.39, 0.29) is 0 Å². The molecule has 3 rings (SSSR count). The summed E-state index contributed by atoms with van der Waals surface area (Å²) in [5.74, 6) is 0.673. The van der Waals surface area contributed by atoms with E-state index in [0.717, 1.165) is 30.5 Å². The zero-order valence-electron chi connectivity index (χ0n) is 9.59. The van der Waals surface area contributed by atoms with E-state index in [2.05, 4.69) is 0 Å². The molecule has 1 aromatic carbocycles. The fourth-order valence-electron chi connectivity index (χ4n) is 2.39. The number of fused-ring (bicyclic) bond motifs is 1. The Labute approximate surface area is 101 Å². The van der Waals surface area contributed by atoms with Gasteiger partial charge in [-0.3, -0.25) is 4.31 Å². The predicted octanol–water partition coefficient (Wildman–Crippen LogP) is 1.37. The van der Waals surface area contributed by atoms with E-state index in [9.17, 15) is 8.42 Å². The van der Waals surface area contributed by atoms with Gasteiger partial charge in [0.1, 0.15) is 0 Å². The maximum Gasteiger partial charge on any atom is 0.235 e. The van der Waals surface area contributed by atoms with E-state index >= 15 is 0 Å². The lowest BCUT2D eigenvalue weighted by Crippen LogP contribution is -2.31. The van der Waals surface area contributed by atoms with Crippen LogP contribution in [0.5, 0.6) is 0 Å². The van der Waals surface area contributed by atoms with Crippen LogP contribution in [0.15, 0.2) is 18.2 Å². The number of hydrogen-bond donors (Lipinski definition) is 1. The minimum absolute atomic E-state index is 0.293. The van der Waals surface area contributed by atoms with Gasteiger partial charge in [-0.1, -0.05) is 6.07 Å². The minimum atomic E-state index is -3.15. The molecule has 2 aliphatic rings. The van der Waals surface area contributed by atoms with Gasteiger partial charge in [0, 0.05) is 17.8 Å². The van der Waals surface area contributed by atoms with E-state index in [0.29, 0.717) is 23.9 Å². The summed E-state index contributed by atoms with van der Waals surface area (Å²) in [5, 5.41) is 0. The number of benzene rings is 1. The average molecular weight is 252 g/mol. The van der Waals surface area contributed by atoms with Gasteiger partial charge in [-0.25, -0.2) is 8.42 Å². The van der Waals surface area contributed by atoms with Crippen molar-refractivity contribution in [3.8, 4) is 0 Å². The molecule has 0 bridgehead atoms. The molecule has 1 aliphatic carbocycles. The molecule has 1 heterocycles. The summed E-state index contributed by atoms with van der Waals surface area (Å²) in [6.45, 7) is 0.540. The van der Waals surface area contributed by atoms with Crippen molar-refractivity contribution >= 4 is 21.4 Å². The zero-order chi connectivity index (χ0) is 12.0. The summed E-state index contributed by atoms with van der Waals surface area (Å²) in [4.78, 5) is 0. The first kappa shape index (κ1) is 10.9. The Morgan fingerprint density at radius 2 is 2.12 bits per heavy atom. The molecular formula is C12H16N2O2S. The average Bonchev–Trinajstić information content (AvgIpc) is 2.94. The number of nitrogens with zero attached hydrogens (tertiary/aromatic N) is 1. The van der Waals surface area contributed by atoms with Crippen LogP contribution >= 0.6 is 0 Å². The second kappa shape index (κ2) is 3.63. The molecule has 0 aromatic heterocycles. The van der Waals surface area contributed by atoms with Crippen molar-refractivity contribution in [1.29, 1.82) is 0 Å². The summed E-state index contributed by atoms with van der Waals surface area (Å²) < 4.78 is 26.0. The lowest BCUT2D eigenvalue weighted by atomic mass is 10.1. The van der Waals surface area contributed by atoms with Crippen molar-refractivity contribution in [2.75, 3.05) is 22.3 Å². The van der Waals surface area contributed by atoms with Gasteiger partial charge in [-0.05, 0) is 37.3 Å². The van der Waals surface area contributed by atoms with Crippen LogP contribution in [0, 0.1) is 5.92 Å². The number of sulfonamides is 1. The van der Waals surface area contributed by atoms with Gasteiger partial charge in [0.2, 0.25) is 10.0 Å². The number of anilines is 2. The molecule has 0 amide bonds. The van der Waals surface area contributed by atoms with Crippen molar-refractivity contribution in [2.24, 2.45) is 5.92 Å². The molecule has 1 saturated carbocycles. The second-order valence-electron chi connectivity index (χ2n) is 4.89. The highest BCUT2D eigenvalue weighted by atomic mass is 32.2. The first-order valence-corrected chi connectivity index (χ1v) is 7.56. The fourth-order valence-corrected chi connectivity index (χ4v) is 4.34. The highest BCUT2D eigenvalue weighted by molar-refractivity contribution is 7.92. The first-order chi connectivity index (χ1) is 8.08. The monoisotopic (exact) mass is 252 g/mol. The quantitative estimate of drug-likeness (QED) is 0.826. The molecule has 0 radical (unpaired) electrons. The normalized spacial score (nSPS) is 19.4. The number of nitrogens with two attached hydrogens (primary N) is 1. The van der Waals surface area contributed by atoms with Crippen molar-refractivity contribution in [3.05, 3.63) is 23.8 Å². The second-order valence-corrected chi connectivity index (χ2v) is 6.83. The highest BCUT2D eigenvalue weighted by Crippen LogP contribution is 2.37.